The molecule has 0 radical (unpaired) electrons. The molecule has 1 aliphatic rings. The molecule has 2 N–H and O–H groups in total. The van der Waals surface area contributed by atoms with Crippen molar-refractivity contribution in [2.75, 3.05) is 26.2 Å². The SMILES string of the molecule is O=C(CN1CCCC(c2cc3ccccc3[nH]2)C1)NCCCc1ccccc1. The zero-order valence-electron chi connectivity index (χ0n) is 16.4. The number of aromatic amines is 1. The van der Waals surface area contributed by atoms with Crippen molar-refractivity contribution in [3.63, 3.8) is 0 Å². The number of carbonyl (C=O) groups is 1. The van der Waals surface area contributed by atoms with Gasteiger partial charge in [-0.1, -0.05) is 48.5 Å². The van der Waals surface area contributed by atoms with Gasteiger partial charge in [0.25, 0.3) is 0 Å². The van der Waals surface area contributed by atoms with E-state index in [-0.39, 0.29) is 5.91 Å². The third kappa shape index (κ3) is 4.82. The second kappa shape index (κ2) is 9.07. The summed E-state index contributed by atoms with van der Waals surface area (Å²) in [5.74, 6) is 0.623. The Morgan fingerprint density at radius 3 is 2.79 bits per heavy atom. The van der Waals surface area contributed by atoms with Crippen LogP contribution >= 0.6 is 0 Å². The van der Waals surface area contributed by atoms with E-state index in [1.54, 1.807) is 0 Å². The highest BCUT2D eigenvalue weighted by molar-refractivity contribution is 5.80. The summed E-state index contributed by atoms with van der Waals surface area (Å²) in [5, 5.41) is 4.36. The third-order valence-electron chi connectivity index (χ3n) is 5.67. The maximum absolute atomic E-state index is 12.3. The van der Waals surface area contributed by atoms with Crippen molar-refractivity contribution in [2.24, 2.45) is 0 Å². The van der Waals surface area contributed by atoms with Crippen LogP contribution in [0.3, 0.4) is 0 Å². The fourth-order valence-corrected chi connectivity index (χ4v) is 4.19. The number of benzene rings is 2. The lowest BCUT2D eigenvalue weighted by Gasteiger charge is -2.31. The van der Waals surface area contributed by atoms with Gasteiger partial charge in [-0.05, 0) is 55.3 Å². The quantitative estimate of drug-likeness (QED) is 0.611. The highest BCUT2D eigenvalue weighted by Gasteiger charge is 2.23. The number of hydrogen-bond acceptors (Lipinski definition) is 2. The molecular weight excluding hydrogens is 346 g/mol. The maximum Gasteiger partial charge on any atom is 0.234 e. The van der Waals surface area contributed by atoms with Crippen LogP contribution in [0.1, 0.15) is 36.4 Å². The number of aromatic nitrogens is 1. The van der Waals surface area contributed by atoms with Crippen LogP contribution < -0.4 is 5.32 Å². The molecule has 146 valence electrons. The van der Waals surface area contributed by atoms with Crippen molar-refractivity contribution >= 4 is 16.8 Å². The van der Waals surface area contributed by atoms with Crippen molar-refractivity contribution < 1.29 is 4.79 Å². The number of fused-ring (bicyclic) bond motifs is 1. The lowest BCUT2D eigenvalue weighted by molar-refractivity contribution is -0.122. The third-order valence-corrected chi connectivity index (χ3v) is 5.67. The lowest BCUT2D eigenvalue weighted by atomic mass is 9.95. The number of amides is 1. The van der Waals surface area contributed by atoms with E-state index in [0.29, 0.717) is 12.5 Å². The Bertz CT molecular complexity index is 869. The van der Waals surface area contributed by atoms with Crippen LogP contribution in [0.2, 0.25) is 0 Å². The van der Waals surface area contributed by atoms with E-state index in [1.165, 1.54) is 28.6 Å². The minimum atomic E-state index is 0.144. The molecule has 2 heterocycles. The molecule has 0 saturated carbocycles. The van der Waals surface area contributed by atoms with Crippen LogP contribution in [0.5, 0.6) is 0 Å². The van der Waals surface area contributed by atoms with Crippen molar-refractivity contribution in [2.45, 2.75) is 31.6 Å². The summed E-state index contributed by atoms with van der Waals surface area (Å²) in [6, 6.07) is 21.1. The fraction of sp³-hybridized carbons (Fsp3) is 0.375. The molecule has 1 aliphatic heterocycles. The Morgan fingerprint density at radius 2 is 1.93 bits per heavy atom. The van der Waals surface area contributed by atoms with E-state index in [9.17, 15) is 4.79 Å². The molecule has 1 atom stereocenters. The predicted octanol–water partition coefficient (Wildman–Crippen LogP) is 4.10. The average Bonchev–Trinajstić information content (AvgIpc) is 3.17. The van der Waals surface area contributed by atoms with Gasteiger partial charge >= 0.3 is 0 Å². The minimum absolute atomic E-state index is 0.144. The largest absolute Gasteiger partial charge is 0.358 e. The first-order chi connectivity index (χ1) is 13.8. The highest BCUT2D eigenvalue weighted by atomic mass is 16.2. The van der Waals surface area contributed by atoms with Crippen molar-refractivity contribution in [3.8, 4) is 0 Å². The molecule has 2 aromatic carbocycles. The van der Waals surface area contributed by atoms with Crippen molar-refractivity contribution in [3.05, 3.63) is 71.9 Å². The molecule has 1 fully saturated rings. The number of H-pyrrole nitrogens is 1. The Kier molecular flexibility index (Phi) is 6.07. The van der Waals surface area contributed by atoms with E-state index in [4.69, 9.17) is 0 Å². The molecule has 1 amide bonds. The van der Waals surface area contributed by atoms with Crippen LogP contribution in [0, 0.1) is 0 Å². The molecule has 0 bridgehead atoms. The Morgan fingerprint density at radius 1 is 1.11 bits per heavy atom. The number of likely N-dealkylation sites (tertiary alicyclic amines) is 1. The number of aryl methyl sites for hydroxylation is 1. The maximum atomic E-state index is 12.3. The molecule has 1 aromatic heterocycles. The normalized spacial score (nSPS) is 17.6. The predicted molar refractivity (Wildman–Crippen MR) is 114 cm³/mol. The lowest BCUT2D eigenvalue weighted by Crippen LogP contribution is -2.42. The van der Waals surface area contributed by atoms with E-state index < -0.39 is 0 Å². The topological polar surface area (TPSA) is 48.1 Å². The van der Waals surface area contributed by atoms with Crippen LogP contribution in [0.4, 0.5) is 0 Å². The molecule has 4 heteroatoms. The van der Waals surface area contributed by atoms with Crippen LogP contribution in [0.25, 0.3) is 10.9 Å². The Balaban J connectivity index is 1.23. The molecule has 0 aliphatic carbocycles. The number of hydrogen-bond donors (Lipinski definition) is 2. The number of para-hydroxylation sites is 1. The van der Waals surface area contributed by atoms with Crippen LogP contribution in [-0.4, -0.2) is 42.0 Å². The van der Waals surface area contributed by atoms with Gasteiger partial charge in [0.05, 0.1) is 6.54 Å². The number of nitrogens with one attached hydrogen (secondary N) is 2. The summed E-state index contributed by atoms with van der Waals surface area (Å²) in [7, 11) is 0. The van der Waals surface area contributed by atoms with Gasteiger partial charge in [-0.15, -0.1) is 0 Å². The van der Waals surface area contributed by atoms with Gasteiger partial charge in [-0.2, -0.15) is 0 Å². The van der Waals surface area contributed by atoms with Gasteiger partial charge in [-0.3, -0.25) is 9.69 Å². The average molecular weight is 376 g/mol. The Labute approximate surface area is 166 Å². The van der Waals surface area contributed by atoms with Gasteiger partial charge in [0.1, 0.15) is 0 Å². The van der Waals surface area contributed by atoms with Gasteiger partial charge in [0, 0.05) is 30.2 Å². The van der Waals surface area contributed by atoms with Gasteiger partial charge in [0.15, 0.2) is 0 Å². The first-order valence-corrected chi connectivity index (χ1v) is 10.4. The molecule has 28 heavy (non-hydrogen) atoms. The molecular formula is C24H29N3O. The second-order valence-electron chi connectivity index (χ2n) is 7.83. The first kappa shape index (κ1) is 18.8. The minimum Gasteiger partial charge on any atom is -0.358 e. The summed E-state index contributed by atoms with van der Waals surface area (Å²) in [5.41, 5.74) is 3.83. The monoisotopic (exact) mass is 375 g/mol. The summed E-state index contributed by atoms with van der Waals surface area (Å²) in [6.45, 7) is 3.20. The first-order valence-electron chi connectivity index (χ1n) is 10.4. The van der Waals surface area contributed by atoms with Gasteiger partial charge < -0.3 is 10.3 Å². The van der Waals surface area contributed by atoms with E-state index in [2.05, 4.69) is 69.8 Å². The van der Waals surface area contributed by atoms with E-state index in [1.807, 2.05) is 6.07 Å². The van der Waals surface area contributed by atoms with Gasteiger partial charge in [0.2, 0.25) is 5.91 Å². The fourth-order valence-electron chi connectivity index (χ4n) is 4.19. The zero-order chi connectivity index (χ0) is 19.2. The van der Waals surface area contributed by atoms with Crippen molar-refractivity contribution in [1.29, 1.82) is 0 Å². The van der Waals surface area contributed by atoms with Gasteiger partial charge in [-0.25, -0.2) is 0 Å². The van der Waals surface area contributed by atoms with Crippen molar-refractivity contribution in [1.82, 2.24) is 15.2 Å². The molecule has 1 saturated heterocycles. The summed E-state index contributed by atoms with van der Waals surface area (Å²) >= 11 is 0. The second-order valence-corrected chi connectivity index (χ2v) is 7.83. The molecule has 4 rings (SSSR count). The smallest absolute Gasteiger partial charge is 0.234 e. The number of rotatable bonds is 7. The number of piperidine rings is 1. The van der Waals surface area contributed by atoms with Crippen LogP contribution in [-0.2, 0) is 11.2 Å². The molecule has 3 aromatic rings. The summed E-state index contributed by atoms with van der Waals surface area (Å²) in [4.78, 5) is 18.2. The molecule has 0 spiro atoms. The van der Waals surface area contributed by atoms with Crippen LogP contribution in [0.15, 0.2) is 60.7 Å². The van der Waals surface area contributed by atoms with E-state index >= 15 is 0 Å². The van der Waals surface area contributed by atoms with E-state index in [0.717, 1.165) is 38.9 Å². The molecule has 1 unspecified atom stereocenters. The standard InChI is InChI=1S/C24H29N3O/c28-24(25-14-6-10-19-8-2-1-3-9-19)18-27-15-7-12-21(17-27)23-16-20-11-4-5-13-22(20)26-23/h1-5,8-9,11,13,16,21,26H,6-7,10,12,14-15,17-18H2,(H,25,28). The zero-order valence-corrected chi connectivity index (χ0v) is 16.4. The highest BCUT2D eigenvalue weighted by Crippen LogP contribution is 2.28. The Hall–Kier alpha value is -2.59. The summed E-state index contributed by atoms with van der Waals surface area (Å²) < 4.78 is 0. The molecule has 4 nitrogen and oxygen atoms in total. The number of nitrogens with zero attached hydrogens (tertiary/aromatic N) is 1. The number of carbonyl (C=O) groups excluding carboxylic acids is 1. The summed E-state index contributed by atoms with van der Waals surface area (Å²) in [6.07, 6.45) is 4.31.